The number of rotatable bonds is 5. The number of aromatic amines is 1. The molecule has 116 valence electrons. The predicted octanol–water partition coefficient (Wildman–Crippen LogP) is 2.19. The molecule has 0 atom stereocenters. The lowest BCUT2D eigenvalue weighted by Gasteiger charge is -2.07. The van der Waals surface area contributed by atoms with Crippen LogP contribution in [0, 0.1) is 0 Å². The van der Waals surface area contributed by atoms with Crippen LogP contribution in [0.15, 0.2) is 59.7 Å². The highest BCUT2D eigenvalue weighted by atomic mass is 16.3. The van der Waals surface area contributed by atoms with E-state index in [1.54, 1.807) is 24.5 Å². The molecular weight excluding hydrogens is 292 g/mol. The second-order valence-electron chi connectivity index (χ2n) is 5.06. The van der Waals surface area contributed by atoms with Crippen molar-refractivity contribution in [2.45, 2.75) is 6.42 Å². The summed E-state index contributed by atoms with van der Waals surface area (Å²) < 4.78 is 0. The molecule has 0 radical (unpaired) electrons. The number of hydrogen-bond acceptors (Lipinski definition) is 5. The summed E-state index contributed by atoms with van der Waals surface area (Å²) in [4.78, 5) is 22.8. The molecule has 0 saturated heterocycles. The van der Waals surface area contributed by atoms with E-state index in [-0.39, 0.29) is 11.3 Å². The molecule has 6 heteroatoms. The van der Waals surface area contributed by atoms with E-state index in [0.717, 1.165) is 17.5 Å². The van der Waals surface area contributed by atoms with Gasteiger partial charge in [0.15, 0.2) is 0 Å². The van der Waals surface area contributed by atoms with Gasteiger partial charge in [0.25, 0.3) is 5.56 Å². The number of phenols is 1. The van der Waals surface area contributed by atoms with Crippen LogP contribution in [-0.2, 0) is 6.42 Å². The molecule has 6 nitrogen and oxygen atoms in total. The Kier molecular flexibility index (Phi) is 4.33. The highest BCUT2D eigenvalue weighted by Gasteiger charge is 2.03. The zero-order valence-electron chi connectivity index (χ0n) is 12.4. The van der Waals surface area contributed by atoms with Crippen molar-refractivity contribution in [3.8, 4) is 17.0 Å². The Hall–Kier alpha value is -3.15. The average Bonchev–Trinajstić information content (AvgIpc) is 2.57. The highest BCUT2D eigenvalue weighted by molar-refractivity contribution is 5.58. The monoisotopic (exact) mass is 308 g/mol. The topological polar surface area (TPSA) is 90.9 Å². The maximum Gasteiger partial charge on any atom is 0.252 e. The molecule has 3 rings (SSSR count). The molecule has 0 unspecified atom stereocenters. The molecule has 3 aromatic rings. The van der Waals surface area contributed by atoms with Crippen molar-refractivity contribution in [1.29, 1.82) is 0 Å². The van der Waals surface area contributed by atoms with Gasteiger partial charge in [0.05, 0.1) is 5.69 Å². The summed E-state index contributed by atoms with van der Waals surface area (Å²) in [5.74, 6) is 0.681. The van der Waals surface area contributed by atoms with E-state index < -0.39 is 0 Å². The first-order chi connectivity index (χ1) is 11.2. The molecular formula is C17H16N4O2. The SMILES string of the molecule is O=c1cc(-c2ccncc2)nc(NCCc2ccc(O)cc2)[nH]1. The van der Waals surface area contributed by atoms with Gasteiger partial charge in [-0.15, -0.1) is 0 Å². The van der Waals surface area contributed by atoms with Crippen molar-refractivity contribution < 1.29 is 5.11 Å². The van der Waals surface area contributed by atoms with Crippen LogP contribution in [0.3, 0.4) is 0 Å². The third-order valence-electron chi connectivity index (χ3n) is 3.36. The van der Waals surface area contributed by atoms with Crippen LogP contribution in [-0.4, -0.2) is 26.6 Å². The highest BCUT2D eigenvalue weighted by Crippen LogP contribution is 2.15. The maximum absolute atomic E-state index is 11.8. The lowest BCUT2D eigenvalue weighted by molar-refractivity contribution is 0.475. The van der Waals surface area contributed by atoms with Gasteiger partial charge in [-0.1, -0.05) is 12.1 Å². The minimum absolute atomic E-state index is 0.209. The summed E-state index contributed by atoms with van der Waals surface area (Å²) in [6, 6.07) is 12.1. The van der Waals surface area contributed by atoms with Gasteiger partial charge in [0.1, 0.15) is 5.75 Å². The third-order valence-corrected chi connectivity index (χ3v) is 3.36. The fraction of sp³-hybridized carbons (Fsp3) is 0.118. The van der Waals surface area contributed by atoms with Gasteiger partial charge in [0, 0.05) is 30.6 Å². The zero-order chi connectivity index (χ0) is 16.1. The van der Waals surface area contributed by atoms with E-state index in [0.29, 0.717) is 18.2 Å². The number of aromatic hydroxyl groups is 1. The van der Waals surface area contributed by atoms with Gasteiger partial charge >= 0.3 is 0 Å². The molecule has 0 aliphatic rings. The van der Waals surface area contributed by atoms with E-state index in [1.165, 1.54) is 6.07 Å². The lowest BCUT2D eigenvalue weighted by Crippen LogP contribution is -2.14. The van der Waals surface area contributed by atoms with Gasteiger partial charge in [-0.3, -0.25) is 14.8 Å². The molecule has 0 amide bonds. The van der Waals surface area contributed by atoms with Crippen molar-refractivity contribution in [2.24, 2.45) is 0 Å². The second-order valence-corrected chi connectivity index (χ2v) is 5.06. The van der Waals surface area contributed by atoms with E-state index in [4.69, 9.17) is 0 Å². The standard InChI is InChI=1S/C17H16N4O2/c22-14-3-1-12(2-4-14)5-10-19-17-20-15(11-16(23)21-17)13-6-8-18-9-7-13/h1-4,6-9,11,22H,5,10H2,(H2,19,20,21,23). The first-order valence-corrected chi connectivity index (χ1v) is 7.24. The number of hydrogen-bond donors (Lipinski definition) is 3. The van der Waals surface area contributed by atoms with E-state index in [1.807, 2.05) is 24.3 Å². The smallest absolute Gasteiger partial charge is 0.252 e. The van der Waals surface area contributed by atoms with Crippen molar-refractivity contribution in [2.75, 3.05) is 11.9 Å². The third kappa shape index (κ3) is 3.94. The number of benzene rings is 1. The number of anilines is 1. The normalized spacial score (nSPS) is 10.4. The summed E-state index contributed by atoms with van der Waals surface area (Å²) in [7, 11) is 0. The molecule has 0 saturated carbocycles. The Morgan fingerprint density at radius 3 is 2.57 bits per heavy atom. The Balaban J connectivity index is 1.69. The Bertz CT molecular complexity index is 829. The number of aromatic nitrogens is 3. The number of phenolic OH excluding ortho intramolecular Hbond substituents is 1. The van der Waals surface area contributed by atoms with E-state index in [9.17, 15) is 9.90 Å². The number of nitrogens with zero attached hydrogens (tertiary/aromatic N) is 2. The van der Waals surface area contributed by atoms with Crippen LogP contribution < -0.4 is 10.9 Å². The van der Waals surface area contributed by atoms with E-state index >= 15 is 0 Å². The number of H-pyrrole nitrogens is 1. The lowest BCUT2D eigenvalue weighted by atomic mass is 10.1. The Morgan fingerprint density at radius 1 is 1.09 bits per heavy atom. The van der Waals surface area contributed by atoms with Crippen LogP contribution in [0.2, 0.25) is 0 Å². The maximum atomic E-state index is 11.8. The van der Waals surface area contributed by atoms with Crippen LogP contribution in [0.4, 0.5) is 5.95 Å². The van der Waals surface area contributed by atoms with Gasteiger partial charge in [-0.2, -0.15) is 0 Å². The molecule has 2 heterocycles. The fourth-order valence-corrected chi connectivity index (χ4v) is 2.20. The van der Waals surface area contributed by atoms with Gasteiger partial charge < -0.3 is 10.4 Å². The molecule has 1 aromatic carbocycles. The van der Waals surface area contributed by atoms with Gasteiger partial charge in [0.2, 0.25) is 5.95 Å². The molecule has 0 spiro atoms. The van der Waals surface area contributed by atoms with Gasteiger partial charge in [-0.25, -0.2) is 4.98 Å². The number of nitrogens with one attached hydrogen (secondary N) is 2. The Morgan fingerprint density at radius 2 is 1.83 bits per heavy atom. The van der Waals surface area contributed by atoms with Gasteiger partial charge in [-0.05, 0) is 36.2 Å². The molecule has 0 aliphatic heterocycles. The van der Waals surface area contributed by atoms with Crippen LogP contribution in [0.5, 0.6) is 5.75 Å². The second kappa shape index (κ2) is 6.74. The predicted molar refractivity (Wildman–Crippen MR) is 88.4 cm³/mol. The molecule has 3 N–H and O–H groups in total. The van der Waals surface area contributed by atoms with Crippen molar-refractivity contribution in [3.63, 3.8) is 0 Å². The molecule has 0 aliphatic carbocycles. The summed E-state index contributed by atoms with van der Waals surface area (Å²) >= 11 is 0. The van der Waals surface area contributed by atoms with Crippen molar-refractivity contribution in [3.05, 3.63) is 70.8 Å². The molecule has 23 heavy (non-hydrogen) atoms. The van der Waals surface area contributed by atoms with Crippen LogP contribution in [0.1, 0.15) is 5.56 Å². The number of pyridine rings is 1. The minimum atomic E-state index is -0.209. The largest absolute Gasteiger partial charge is 0.508 e. The summed E-state index contributed by atoms with van der Waals surface area (Å²) in [6.45, 7) is 0.619. The summed E-state index contributed by atoms with van der Waals surface area (Å²) in [6.07, 6.45) is 4.08. The Labute approximate surface area is 132 Å². The van der Waals surface area contributed by atoms with Crippen LogP contribution >= 0.6 is 0 Å². The van der Waals surface area contributed by atoms with Crippen molar-refractivity contribution >= 4 is 5.95 Å². The summed E-state index contributed by atoms with van der Waals surface area (Å²) in [5, 5.41) is 12.4. The van der Waals surface area contributed by atoms with Crippen LogP contribution in [0.25, 0.3) is 11.3 Å². The fourth-order valence-electron chi connectivity index (χ4n) is 2.20. The minimum Gasteiger partial charge on any atom is -0.508 e. The average molecular weight is 308 g/mol. The van der Waals surface area contributed by atoms with E-state index in [2.05, 4.69) is 20.3 Å². The molecule has 0 bridgehead atoms. The first kappa shape index (κ1) is 14.8. The van der Waals surface area contributed by atoms with Crippen molar-refractivity contribution in [1.82, 2.24) is 15.0 Å². The first-order valence-electron chi connectivity index (χ1n) is 7.24. The quantitative estimate of drug-likeness (QED) is 0.672. The molecule has 0 fully saturated rings. The zero-order valence-corrected chi connectivity index (χ0v) is 12.4. The molecule has 2 aromatic heterocycles. The summed E-state index contributed by atoms with van der Waals surface area (Å²) in [5.41, 5.74) is 2.32.